The van der Waals surface area contributed by atoms with Gasteiger partial charge >= 0.3 is 11.9 Å². The third-order valence-corrected chi connectivity index (χ3v) is 8.17. The second kappa shape index (κ2) is 33.2. The summed E-state index contributed by atoms with van der Waals surface area (Å²) >= 11 is 0. The fraction of sp³-hybridized carbons (Fsp3) is 0.690. The standard InChI is InChI=1S/C42H71NO7/c1-6-8-10-12-14-15-16-17-18-19-20-21-22-23-24-25-27-28-30-32-40(44)49-37-38(36-48-35-34-39(42(46)47)43(3,4)5)50-41(45)33-31-29-26-13-11-9-7-2/h8,10,14-15,17-18,20-21,23-24,38-39H,6-7,9,11-13,16,19,22,25-37H2,1-5H3/b10-8+,15-14+,18-17+,21-20+,24-23+. The second-order valence-electron chi connectivity index (χ2n) is 13.8. The molecule has 0 radical (unpaired) electrons. The number of esters is 2. The third kappa shape index (κ3) is 31.0. The Kier molecular flexibility index (Phi) is 31.2. The van der Waals surface area contributed by atoms with Crippen LogP contribution in [-0.2, 0) is 28.6 Å². The highest BCUT2D eigenvalue weighted by molar-refractivity contribution is 5.70. The van der Waals surface area contributed by atoms with Gasteiger partial charge in [-0.05, 0) is 57.8 Å². The molecule has 0 rings (SSSR count). The van der Waals surface area contributed by atoms with Gasteiger partial charge in [0.25, 0.3) is 0 Å². The molecule has 0 saturated carbocycles. The summed E-state index contributed by atoms with van der Waals surface area (Å²) in [7, 11) is 5.37. The van der Waals surface area contributed by atoms with Crippen LogP contribution in [0.2, 0.25) is 0 Å². The molecule has 0 amide bonds. The summed E-state index contributed by atoms with van der Waals surface area (Å²) in [5, 5.41) is 11.6. The number of hydrogen-bond donors (Lipinski definition) is 0. The summed E-state index contributed by atoms with van der Waals surface area (Å²) in [5.41, 5.74) is 0. The number of quaternary nitrogens is 1. The van der Waals surface area contributed by atoms with Gasteiger partial charge in [0.2, 0.25) is 0 Å². The van der Waals surface area contributed by atoms with Gasteiger partial charge in [-0.15, -0.1) is 0 Å². The van der Waals surface area contributed by atoms with Gasteiger partial charge in [-0.25, -0.2) is 0 Å². The van der Waals surface area contributed by atoms with Crippen molar-refractivity contribution in [1.82, 2.24) is 0 Å². The zero-order valence-electron chi connectivity index (χ0n) is 32.3. The SMILES string of the molecule is CC/C=C/C/C=C/C/C=C/C/C=C/C/C=C/CCCCCC(=O)OCC(COCCC(C(=O)[O-])[N+](C)(C)C)OC(=O)CCCCCCCCC. The molecule has 0 aromatic heterocycles. The van der Waals surface area contributed by atoms with E-state index in [0.29, 0.717) is 12.8 Å². The number of unbranched alkanes of at least 4 members (excludes halogenated alkanes) is 9. The maximum atomic E-state index is 12.5. The summed E-state index contributed by atoms with van der Waals surface area (Å²) in [6.07, 6.45) is 38.3. The number of hydrogen-bond acceptors (Lipinski definition) is 7. The molecule has 0 aliphatic heterocycles. The van der Waals surface area contributed by atoms with Crippen LogP contribution in [-0.4, -0.2) is 75.5 Å². The Bertz CT molecular complexity index is 1010. The first kappa shape index (κ1) is 47.0. The lowest BCUT2D eigenvalue weighted by Gasteiger charge is -2.34. The average molecular weight is 702 g/mol. The quantitative estimate of drug-likeness (QED) is 0.0293. The second-order valence-corrected chi connectivity index (χ2v) is 13.8. The summed E-state index contributed by atoms with van der Waals surface area (Å²) < 4.78 is 17.0. The minimum atomic E-state index is -1.13. The molecule has 0 aromatic carbocycles. The van der Waals surface area contributed by atoms with Gasteiger partial charge in [0.1, 0.15) is 12.6 Å². The molecule has 0 saturated heterocycles. The van der Waals surface area contributed by atoms with Crippen LogP contribution in [0.3, 0.4) is 0 Å². The number of likely N-dealkylation sites (N-methyl/N-ethyl adjacent to an activating group) is 1. The van der Waals surface area contributed by atoms with E-state index in [1.54, 1.807) is 21.1 Å². The van der Waals surface area contributed by atoms with E-state index in [1.807, 2.05) is 0 Å². The maximum absolute atomic E-state index is 12.5. The molecule has 286 valence electrons. The Hall–Kier alpha value is -2.97. The Morgan fingerprint density at radius 2 is 1.12 bits per heavy atom. The highest BCUT2D eigenvalue weighted by Crippen LogP contribution is 2.12. The number of nitrogens with zero attached hydrogens (tertiary/aromatic N) is 1. The minimum absolute atomic E-state index is 0.0280. The number of allylic oxidation sites excluding steroid dienone is 10. The van der Waals surface area contributed by atoms with Crippen LogP contribution in [0.25, 0.3) is 0 Å². The molecule has 8 nitrogen and oxygen atoms in total. The van der Waals surface area contributed by atoms with Gasteiger partial charge in [-0.1, -0.05) is 120 Å². The third-order valence-electron chi connectivity index (χ3n) is 8.17. The molecule has 0 aliphatic rings. The number of carboxylic acid groups (broad SMARTS) is 1. The van der Waals surface area contributed by atoms with E-state index >= 15 is 0 Å². The first-order valence-electron chi connectivity index (χ1n) is 19.3. The van der Waals surface area contributed by atoms with Crippen LogP contribution < -0.4 is 5.11 Å². The topological polar surface area (TPSA) is 102 Å². The van der Waals surface area contributed by atoms with E-state index in [4.69, 9.17) is 14.2 Å². The zero-order chi connectivity index (χ0) is 37.1. The molecule has 2 unspecified atom stereocenters. The number of ether oxygens (including phenoxy) is 3. The molecule has 0 heterocycles. The first-order chi connectivity index (χ1) is 24.1. The molecule has 0 bridgehead atoms. The lowest BCUT2D eigenvalue weighted by atomic mass is 10.1. The van der Waals surface area contributed by atoms with Crippen molar-refractivity contribution in [2.75, 3.05) is 41.0 Å². The van der Waals surface area contributed by atoms with Crippen molar-refractivity contribution in [2.45, 2.75) is 148 Å². The highest BCUT2D eigenvalue weighted by Gasteiger charge is 2.25. The van der Waals surface area contributed by atoms with Crippen molar-refractivity contribution in [3.8, 4) is 0 Å². The van der Waals surface area contributed by atoms with Crippen LogP contribution in [0.1, 0.15) is 136 Å². The smallest absolute Gasteiger partial charge is 0.306 e. The average Bonchev–Trinajstić information content (AvgIpc) is 3.06. The molecule has 2 atom stereocenters. The maximum Gasteiger partial charge on any atom is 0.306 e. The van der Waals surface area contributed by atoms with Crippen LogP contribution >= 0.6 is 0 Å². The molecule has 0 spiro atoms. The van der Waals surface area contributed by atoms with Crippen molar-refractivity contribution in [2.24, 2.45) is 0 Å². The Morgan fingerprint density at radius 1 is 0.620 bits per heavy atom. The molecular weight excluding hydrogens is 630 g/mol. The predicted molar refractivity (Wildman–Crippen MR) is 203 cm³/mol. The van der Waals surface area contributed by atoms with Crippen molar-refractivity contribution in [3.05, 3.63) is 60.8 Å². The van der Waals surface area contributed by atoms with Crippen molar-refractivity contribution < 1.29 is 38.2 Å². The molecule has 0 aliphatic carbocycles. The molecule has 0 N–H and O–H groups in total. The minimum Gasteiger partial charge on any atom is -0.544 e. The molecule has 0 fully saturated rings. The Labute approximate surface area is 305 Å². The monoisotopic (exact) mass is 702 g/mol. The summed E-state index contributed by atoms with van der Waals surface area (Å²) in [6.45, 7) is 4.44. The summed E-state index contributed by atoms with van der Waals surface area (Å²) in [4.78, 5) is 36.5. The normalized spacial score (nSPS) is 13.7. The number of carboxylic acids is 1. The molecule has 50 heavy (non-hydrogen) atoms. The van der Waals surface area contributed by atoms with Crippen LogP contribution in [0.5, 0.6) is 0 Å². The Morgan fingerprint density at radius 3 is 1.66 bits per heavy atom. The van der Waals surface area contributed by atoms with E-state index in [1.165, 1.54) is 25.7 Å². The predicted octanol–water partition coefficient (Wildman–Crippen LogP) is 8.52. The number of rotatable bonds is 33. The van der Waals surface area contributed by atoms with Crippen molar-refractivity contribution in [3.63, 3.8) is 0 Å². The van der Waals surface area contributed by atoms with E-state index in [9.17, 15) is 19.5 Å². The zero-order valence-corrected chi connectivity index (χ0v) is 32.3. The molecule has 0 aromatic rings. The van der Waals surface area contributed by atoms with Crippen molar-refractivity contribution in [1.29, 1.82) is 0 Å². The van der Waals surface area contributed by atoms with E-state index in [0.717, 1.165) is 77.0 Å². The summed E-state index contributed by atoms with van der Waals surface area (Å²) in [5.74, 6) is -1.79. The van der Waals surface area contributed by atoms with E-state index in [2.05, 4.69) is 74.6 Å². The van der Waals surface area contributed by atoms with E-state index < -0.39 is 18.1 Å². The van der Waals surface area contributed by atoms with Gasteiger partial charge in [-0.2, -0.15) is 0 Å². The number of aliphatic carboxylic acids is 1. The van der Waals surface area contributed by atoms with E-state index in [-0.39, 0.29) is 42.7 Å². The molecular formula is C42H71NO7. The van der Waals surface area contributed by atoms with Gasteiger partial charge in [0.15, 0.2) is 6.10 Å². The van der Waals surface area contributed by atoms with Crippen LogP contribution in [0.4, 0.5) is 0 Å². The van der Waals surface area contributed by atoms with Crippen LogP contribution in [0, 0.1) is 0 Å². The van der Waals surface area contributed by atoms with Crippen LogP contribution in [0.15, 0.2) is 60.8 Å². The lowest BCUT2D eigenvalue weighted by molar-refractivity contribution is -0.889. The Balaban J connectivity index is 4.37. The van der Waals surface area contributed by atoms with Gasteiger partial charge < -0.3 is 28.6 Å². The van der Waals surface area contributed by atoms with Gasteiger partial charge in [-0.3, -0.25) is 9.59 Å². The fourth-order valence-corrected chi connectivity index (χ4v) is 5.15. The van der Waals surface area contributed by atoms with Gasteiger partial charge in [0, 0.05) is 19.3 Å². The van der Waals surface area contributed by atoms with Crippen molar-refractivity contribution >= 4 is 17.9 Å². The highest BCUT2D eigenvalue weighted by atomic mass is 16.6. The first-order valence-corrected chi connectivity index (χ1v) is 19.3. The fourth-order valence-electron chi connectivity index (χ4n) is 5.15. The number of carbonyl (C=O) groups excluding carboxylic acids is 3. The molecule has 8 heteroatoms. The largest absolute Gasteiger partial charge is 0.544 e. The van der Waals surface area contributed by atoms with Gasteiger partial charge in [0.05, 0.1) is 40.3 Å². The lowest BCUT2D eigenvalue weighted by Crippen LogP contribution is -2.55. The number of carbonyl (C=O) groups is 3. The summed E-state index contributed by atoms with van der Waals surface area (Å²) in [6, 6.07) is -0.730.